The Morgan fingerprint density at radius 3 is 0.941 bits per heavy atom. The summed E-state index contributed by atoms with van der Waals surface area (Å²) in [7, 11) is 11.2. The predicted octanol–water partition coefficient (Wildman–Crippen LogP) is 7.32. The van der Waals surface area contributed by atoms with Crippen molar-refractivity contribution in [1.82, 2.24) is 9.34 Å². The molecule has 0 spiro atoms. The summed E-state index contributed by atoms with van der Waals surface area (Å²) in [6.45, 7) is 25.8. The maximum Gasteiger partial charge on any atom is 0.323 e. The number of imide groups is 1. The Kier molecular flexibility index (Phi) is 61.1. The number of benzene rings is 2. The van der Waals surface area contributed by atoms with E-state index in [2.05, 4.69) is 28.8 Å². The molecule has 0 saturated heterocycles. The van der Waals surface area contributed by atoms with Gasteiger partial charge in [-0.2, -0.15) is 0 Å². The van der Waals surface area contributed by atoms with Crippen molar-refractivity contribution < 1.29 is 77.5 Å². The molecule has 0 aromatic heterocycles. The SMILES string of the molecule is CC.CC.CC.CC.CC(=O)O.CC(=O)O.CC(=O)O.CC(=O)OC(C)=O.COC(=O)[C@H](Cc1ccc(N(C(C)=O)C(C)=O)cc1)N(C)P.COC(=O)[C@H](Cc1ccc(NC(C)=O)cc1)N(C)P. The minimum absolute atomic E-state index is 0.107. The van der Waals surface area contributed by atoms with Gasteiger partial charge in [0.2, 0.25) is 17.7 Å². The highest BCUT2D eigenvalue weighted by molar-refractivity contribution is 7.13. The number of carboxylic acids is 3. The number of likely N-dealkylation sites (N-methyl/N-ethyl adjacent to an activating group) is 2. The van der Waals surface area contributed by atoms with Gasteiger partial charge < -0.3 is 34.8 Å². The number of ether oxygens (including phenoxy) is 3. The fourth-order valence-electron chi connectivity index (χ4n) is 4.00. The van der Waals surface area contributed by atoms with Crippen LogP contribution in [0.1, 0.15) is 122 Å². The highest BCUT2D eigenvalue weighted by atomic mass is 31.0. The van der Waals surface area contributed by atoms with Crippen LogP contribution < -0.4 is 10.2 Å². The molecule has 0 fully saturated rings. The molecule has 2 rings (SSSR count). The number of carboxylic acid groups (broad SMARTS) is 3. The van der Waals surface area contributed by atoms with Gasteiger partial charge in [-0.25, -0.2) is 0 Å². The van der Waals surface area contributed by atoms with E-state index in [1.54, 1.807) is 47.7 Å². The van der Waals surface area contributed by atoms with Gasteiger partial charge in [0.25, 0.3) is 17.9 Å². The average molecular weight is 1010 g/mol. The van der Waals surface area contributed by atoms with Crippen LogP contribution in [0.5, 0.6) is 0 Å². The first kappa shape index (κ1) is 79.4. The lowest BCUT2D eigenvalue weighted by molar-refractivity contribution is -0.156. The average Bonchev–Trinajstić information content (AvgIpc) is 3.24. The molecule has 0 bridgehead atoms. The van der Waals surface area contributed by atoms with Crippen LogP contribution >= 0.6 is 18.8 Å². The van der Waals surface area contributed by atoms with Crippen molar-refractivity contribution in [2.75, 3.05) is 38.5 Å². The largest absolute Gasteiger partial charge is 0.481 e. The van der Waals surface area contributed by atoms with Gasteiger partial charge >= 0.3 is 23.9 Å². The first-order chi connectivity index (χ1) is 31.5. The lowest BCUT2D eigenvalue weighted by atomic mass is 10.1. The molecule has 0 saturated carbocycles. The molecule has 2 unspecified atom stereocenters. The minimum atomic E-state index is -0.833. The van der Waals surface area contributed by atoms with Gasteiger partial charge in [-0.15, -0.1) is 0 Å². The van der Waals surface area contributed by atoms with E-state index < -0.39 is 35.9 Å². The van der Waals surface area contributed by atoms with Crippen LogP contribution in [0.3, 0.4) is 0 Å². The number of hydrogen-bond donors (Lipinski definition) is 4. The fraction of sp³-hybridized carbons (Fsp3) is 0.522. The topological polar surface area (TPSA) is 281 Å². The van der Waals surface area contributed by atoms with Crippen molar-refractivity contribution in [3.8, 4) is 0 Å². The first-order valence-corrected chi connectivity index (χ1v) is 22.2. The molecule has 4 N–H and O–H groups in total. The van der Waals surface area contributed by atoms with Crippen LogP contribution in [0.4, 0.5) is 11.4 Å². The Morgan fingerprint density at radius 2 is 0.765 bits per heavy atom. The zero-order chi connectivity index (χ0) is 55.9. The number of carbonyl (C=O) groups excluding carboxylic acids is 7. The van der Waals surface area contributed by atoms with Crippen molar-refractivity contribution in [2.45, 2.75) is 136 Å². The molecule has 0 aliphatic rings. The molecular formula is C46H82N4O16P2. The smallest absolute Gasteiger partial charge is 0.323 e. The summed E-state index contributed by atoms with van der Waals surface area (Å²) in [6, 6.07) is 13.6. The molecule has 68 heavy (non-hydrogen) atoms. The lowest BCUT2D eigenvalue weighted by Crippen LogP contribution is -2.35. The number of aliphatic carboxylic acids is 3. The third-order valence-corrected chi connectivity index (χ3v) is 6.89. The Labute approximate surface area is 409 Å². The summed E-state index contributed by atoms with van der Waals surface area (Å²) in [4.78, 5) is 105. The van der Waals surface area contributed by atoms with Gasteiger partial charge in [0.1, 0.15) is 12.1 Å². The summed E-state index contributed by atoms with van der Waals surface area (Å²) >= 11 is 0. The van der Waals surface area contributed by atoms with E-state index >= 15 is 0 Å². The highest BCUT2D eigenvalue weighted by Crippen LogP contribution is 2.19. The Hall–Kier alpha value is -5.68. The molecule has 0 aliphatic carbocycles. The van der Waals surface area contributed by atoms with E-state index in [0.717, 1.165) is 42.5 Å². The van der Waals surface area contributed by atoms with Crippen molar-refractivity contribution >= 4 is 89.7 Å². The van der Waals surface area contributed by atoms with E-state index in [1.807, 2.05) is 79.7 Å². The van der Waals surface area contributed by atoms with Crippen LogP contribution in [0.25, 0.3) is 0 Å². The van der Waals surface area contributed by atoms with Gasteiger partial charge in [0.05, 0.1) is 19.9 Å². The second kappa shape index (κ2) is 52.3. The van der Waals surface area contributed by atoms with Gasteiger partial charge in [-0.05, 0) is 62.3 Å². The number of amides is 3. The molecule has 2 aromatic rings. The van der Waals surface area contributed by atoms with Gasteiger partial charge in [0.15, 0.2) is 0 Å². The highest BCUT2D eigenvalue weighted by Gasteiger charge is 2.23. The summed E-state index contributed by atoms with van der Waals surface area (Å²) < 4.78 is 17.0. The second-order valence-corrected chi connectivity index (χ2v) is 13.5. The number of rotatable bonds is 10. The fourth-order valence-corrected chi connectivity index (χ4v) is 4.46. The number of methoxy groups -OCH3 is 2. The molecular weight excluding hydrogens is 926 g/mol. The molecule has 20 nitrogen and oxygen atoms in total. The quantitative estimate of drug-likeness (QED) is 0.0785. The van der Waals surface area contributed by atoms with Crippen LogP contribution in [-0.2, 0) is 75.0 Å². The first-order valence-electron chi connectivity index (χ1n) is 21.2. The van der Waals surface area contributed by atoms with Crippen molar-refractivity contribution in [3.63, 3.8) is 0 Å². The summed E-state index contributed by atoms with van der Waals surface area (Å²) in [5.41, 5.74) is 3.15. The molecule has 0 radical (unpaired) electrons. The molecule has 22 heteroatoms. The van der Waals surface area contributed by atoms with Crippen LogP contribution in [0, 0.1) is 0 Å². The second-order valence-electron chi connectivity index (χ2n) is 11.9. The number of anilines is 2. The van der Waals surface area contributed by atoms with Crippen LogP contribution in [0.15, 0.2) is 48.5 Å². The van der Waals surface area contributed by atoms with Gasteiger partial charge in [0, 0.05) is 61.1 Å². The number of nitrogens with one attached hydrogen (secondary N) is 1. The zero-order valence-corrected chi connectivity index (χ0v) is 46.1. The van der Waals surface area contributed by atoms with E-state index in [0.29, 0.717) is 18.5 Å². The standard InChI is InChI=1S/C15H21N2O4P.C13H19N2O3P.C4H6O3.3C2H4O2.4C2H6/c1-10(18)17(11(2)19)13-7-5-12(6-8-13)9-14(16(3)22)15(20)21-4;1-9(16)14-11-6-4-10(5-7-11)8-12(15(2)19)13(17)18-3;1-3(5)7-4(2)6;3*1-2(3)4;4*1-2/h5-8,14H,9,22H2,1-4H3;4-7,12H,8,19H2,1-3H3,(H,14,16);1-2H3;3*1H3,(H,3,4);4*1-2H3/t14-;12-;;;;;;;;/m00......../s1. The normalized spacial score (nSPS) is 9.47. The van der Waals surface area contributed by atoms with E-state index in [1.165, 1.54) is 48.8 Å². The van der Waals surface area contributed by atoms with Crippen LogP contribution in [0.2, 0.25) is 0 Å². The van der Waals surface area contributed by atoms with Gasteiger partial charge in [-0.1, -0.05) is 98.4 Å². The van der Waals surface area contributed by atoms with E-state index in [9.17, 15) is 33.6 Å². The van der Waals surface area contributed by atoms with Gasteiger partial charge in [-0.3, -0.25) is 62.2 Å². The minimum Gasteiger partial charge on any atom is -0.481 e. The van der Waals surface area contributed by atoms with Crippen molar-refractivity contribution in [3.05, 3.63) is 59.7 Å². The van der Waals surface area contributed by atoms with Crippen LogP contribution in [-0.4, -0.2) is 125 Å². The molecule has 2 aromatic carbocycles. The van der Waals surface area contributed by atoms with Crippen molar-refractivity contribution in [2.24, 2.45) is 0 Å². The molecule has 3 amide bonds. The molecule has 0 aliphatic heterocycles. The summed E-state index contributed by atoms with van der Waals surface area (Å²) in [5, 5.41) is 24.9. The maximum atomic E-state index is 11.7. The monoisotopic (exact) mass is 1010 g/mol. The number of esters is 4. The number of nitrogens with zero attached hydrogens (tertiary/aromatic N) is 3. The maximum absolute atomic E-state index is 11.7. The summed E-state index contributed by atoms with van der Waals surface area (Å²) in [6.07, 6.45) is 1.01. The lowest BCUT2D eigenvalue weighted by Gasteiger charge is -2.22. The molecule has 0 heterocycles. The molecule has 392 valence electrons. The third-order valence-electron chi connectivity index (χ3n) is 6.17. The zero-order valence-electron chi connectivity index (χ0n) is 43.8. The summed E-state index contributed by atoms with van der Waals surface area (Å²) in [5.74, 6) is -5.00. The number of hydrogen-bond acceptors (Lipinski definition) is 15. The van der Waals surface area contributed by atoms with E-state index in [-0.39, 0.29) is 35.7 Å². The third kappa shape index (κ3) is 54.7. The Bertz CT molecular complexity index is 1640. The predicted molar refractivity (Wildman–Crippen MR) is 273 cm³/mol. The van der Waals surface area contributed by atoms with Crippen molar-refractivity contribution in [1.29, 1.82) is 0 Å². The van der Waals surface area contributed by atoms with E-state index in [4.69, 9.17) is 39.2 Å². The Morgan fingerprint density at radius 1 is 0.515 bits per heavy atom. The Balaban J connectivity index is -0.000000117. The molecule has 4 atom stereocenters. The number of carbonyl (C=O) groups is 10.